The van der Waals surface area contributed by atoms with Crippen molar-refractivity contribution in [3.8, 4) is 0 Å². The van der Waals surface area contributed by atoms with Crippen molar-refractivity contribution < 1.29 is 14.1 Å². The smallest absolute Gasteiger partial charge is 0.246 e. The number of ether oxygens (including phenoxy) is 1. The van der Waals surface area contributed by atoms with Crippen LogP contribution >= 0.6 is 0 Å². The van der Waals surface area contributed by atoms with E-state index >= 15 is 0 Å². The molecule has 1 N–H and O–H groups in total. The van der Waals surface area contributed by atoms with Gasteiger partial charge in [0, 0.05) is 45.6 Å². The maximum Gasteiger partial charge on any atom is 0.246 e. The molecule has 0 bridgehead atoms. The fourth-order valence-electron chi connectivity index (χ4n) is 2.79. The van der Waals surface area contributed by atoms with Crippen molar-refractivity contribution in [2.75, 3.05) is 26.8 Å². The van der Waals surface area contributed by atoms with Crippen LogP contribution in [-0.4, -0.2) is 52.6 Å². The second-order valence-corrected chi connectivity index (χ2v) is 5.67. The fourth-order valence-corrected chi connectivity index (χ4v) is 2.79. The van der Waals surface area contributed by atoms with E-state index in [1.807, 2.05) is 19.1 Å². The molecular formula is C15H21N5O3. The molecule has 0 fully saturated rings. The first-order valence-electron chi connectivity index (χ1n) is 7.61. The molecule has 0 aliphatic carbocycles. The summed E-state index contributed by atoms with van der Waals surface area (Å²) in [5, 5.41) is 11.2. The third kappa shape index (κ3) is 3.59. The van der Waals surface area contributed by atoms with Crippen LogP contribution in [0.4, 0.5) is 0 Å². The van der Waals surface area contributed by atoms with E-state index in [-0.39, 0.29) is 11.9 Å². The van der Waals surface area contributed by atoms with E-state index in [9.17, 15) is 4.79 Å². The molecule has 1 atom stereocenters. The normalized spacial score (nSPS) is 17.9. The Balaban J connectivity index is 1.70. The van der Waals surface area contributed by atoms with Crippen molar-refractivity contribution in [3.63, 3.8) is 0 Å². The third-order valence-corrected chi connectivity index (χ3v) is 3.83. The highest BCUT2D eigenvalue weighted by molar-refractivity contribution is 5.80. The predicted molar refractivity (Wildman–Crippen MR) is 81.5 cm³/mol. The fraction of sp³-hybridized carbons (Fsp3) is 0.533. The summed E-state index contributed by atoms with van der Waals surface area (Å²) in [6, 6.07) is 3.51. The van der Waals surface area contributed by atoms with Crippen LogP contribution in [0.15, 0.2) is 22.9 Å². The molecule has 0 saturated heterocycles. The molecule has 124 valence electrons. The van der Waals surface area contributed by atoms with Gasteiger partial charge in [0.2, 0.25) is 5.91 Å². The average molecular weight is 319 g/mol. The minimum absolute atomic E-state index is 0.0481. The first-order chi connectivity index (χ1) is 11.2. The Kier molecular flexibility index (Phi) is 4.73. The number of fused-ring (bicyclic) bond motifs is 1. The van der Waals surface area contributed by atoms with Crippen molar-refractivity contribution in [3.05, 3.63) is 35.5 Å². The lowest BCUT2D eigenvalue weighted by atomic mass is 10.1. The maximum absolute atomic E-state index is 12.4. The minimum atomic E-state index is -0.349. The van der Waals surface area contributed by atoms with E-state index in [0.29, 0.717) is 26.2 Å². The number of rotatable bonds is 6. The monoisotopic (exact) mass is 319 g/mol. The summed E-state index contributed by atoms with van der Waals surface area (Å²) in [5.74, 6) is 0.740. The molecule has 2 aromatic heterocycles. The standard InChI is InChI=1S/C15H21N5O3/c1-11-7-12(18-23-11)8-19-9-13-3-4-17-20(13)14(10-19)15(21)16-5-6-22-2/h3-4,7,14H,5-6,8-10H2,1-2H3,(H,16,21). The number of hydrogen-bond donors (Lipinski definition) is 1. The Hall–Kier alpha value is -2.19. The Labute approximate surface area is 134 Å². The number of carbonyl (C=O) groups excluding carboxylic acids is 1. The summed E-state index contributed by atoms with van der Waals surface area (Å²) in [5.41, 5.74) is 1.89. The molecule has 3 rings (SSSR count). The molecule has 1 aliphatic heterocycles. The van der Waals surface area contributed by atoms with Crippen LogP contribution in [-0.2, 0) is 22.6 Å². The Morgan fingerprint density at radius 3 is 3.17 bits per heavy atom. The van der Waals surface area contributed by atoms with Crippen molar-refractivity contribution in [2.24, 2.45) is 0 Å². The zero-order valence-electron chi connectivity index (χ0n) is 13.4. The van der Waals surface area contributed by atoms with Gasteiger partial charge in [-0.2, -0.15) is 5.10 Å². The maximum atomic E-state index is 12.4. The van der Waals surface area contributed by atoms with Crippen LogP contribution < -0.4 is 5.32 Å². The predicted octanol–water partition coefficient (Wildman–Crippen LogP) is 0.499. The number of nitrogens with one attached hydrogen (secondary N) is 1. The van der Waals surface area contributed by atoms with E-state index < -0.39 is 0 Å². The molecule has 8 nitrogen and oxygen atoms in total. The average Bonchev–Trinajstić information content (AvgIpc) is 3.15. The van der Waals surface area contributed by atoms with Gasteiger partial charge < -0.3 is 14.6 Å². The van der Waals surface area contributed by atoms with E-state index in [2.05, 4.69) is 20.5 Å². The molecule has 1 aliphatic rings. The first-order valence-corrected chi connectivity index (χ1v) is 7.61. The number of nitrogens with zero attached hydrogens (tertiary/aromatic N) is 4. The lowest BCUT2D eigenvalue weighted by molar-refractivity contribution is -0.126. The molecular weight excluding hydrogens is 298 g/mol. The molecule has 23 heavy (non-hydrogen) atoms. The number of carbonyl (C=O) groups is 1. The summed E-state index contributed by atoms with van der Waals surface area (Å²) in [7, 11) is 1.61. The lowest BCUT2D eigenvalue weighted by Gasteiger charge is -2.32. The van der Waals surface area contributed by atoms with Gasteiger partial charge >= 0.3 is 0 Å². The van der Waals surface area contributed by atoms with Gasteiger partial charge in [-0.1, -0.05) is 5.16 Å². The molecule has 2 aromatic rings. The van der Waals surface area contributed by atoms with Crippen molar-refractivity contribution >= 4 is 5.91 Å². The quantitative estimate of drug-likeness (QED) is 0.780. The summed E-state index contributed by atoms with van der Waals surface area (Å²) in [4.78, 5) is 14.6. The number of aromatic nitrogens is 3. The minimum Gasteiger partial charge on any atom is -0.383 e. The molecule has 1 amide bonds. The summed E-state index contributed by atoms with van der Waals surface area (Å²) in [6.45, 7) is 4.81. The van der Waals surface area contributed by atoms with E-state index in [1.54, 1.807) is 18.0 Å². The summed E-state index contributed by atoms with van der Waals surface area (Å²) >= 11 is 0. The highest BCUT2D eigenvalue weighted by Gasteiger charge is 2.31. The van der Waals surface area contributed by atoms with Crippen LogP contribution in [0, 0.1) is 6.92 Å². The molecule has 0 spiro atoms. The summed E-state index contributed by atoms with van der Waals surface area (Å²) < 4.78 is 11.9. The van der Waals surface area contributed by atoms with Crippen LogP contribution in [0.25, 0.3) is 0 Å². The molecule has 3 heterocycles. The highest BCUT2D eigenvalue weighted by atomic mass is 16.5. The molecule has 0 saturated carbocycles. The van der Waals surface area contributed by atoms with Crippen molar-refractivity contribution in [1.82, 2.24) is 25.2 Å². The van der Waals surface area contributed by atoms with E-state index in [4.69, 9.17) is 9.26 Å². The second kappa shape index (κ2) is 6.93. The SMILES string of the molecule is COCCNC(=O)C1CN(Cc2cc(C)on2)Cc2ccnn21. The number of methoxy groups -OCH3 is 1. The summed E-state index contributed by atoms with van der Waals surface area (Å²) in [6.07, 6.45) is 1.73. The Bertz CT molecular complexity index is 666. The van der Waals surface area contributed by atoms with Crippen molar-refractivity contribution in [1.29, 1.82) is 0 Å². The van der Waals surface area contributed by atoms with Gasteiger partial charge in [-0.3, -0.25) is 14.4 Å². The molecule has 8 heteroatoms. The van der Waals surface area contributed by atoms with Gasteiger partial charge in [-0.15, -0.1) is 0 Å². The van der Waals surface area contributed by atoms with Gasteiger partial charge in [0.15, 0.2) is 0 Å². The second-order valence-electron chi connectivity index (χ2n) is 5.67. The highest BCUT2D eigenvalue weighted by Crippen LogP contribution is 2.22. The van der Waals surface area contributed by atoms with Gasteiger partial charge in [0.05, 0.1) is 18.0 Å². The van der Waals surface area contributed by atoms with Gasteiger partial charge in [-0.05, 0) is 13.0 Å². The van der Waals surface area contributed by atoms with Gasteiger partial charge in [-0.25, -0.2) is 0 Å². The first kappa shape index (κ1) is 15.7. The molecule has 1 unspecified atom stereocenters. The zero-order chi connectivity index (χ0) is 16.2. The number of amides is 1. The van der Waals surface area contributed by atoms with Gasteiger partial charge in [0.1, 0.15) is 11.8 Å². The largest absolute Gasteiger partial charge is 0.383 e. The van der Waals surface area contributed by atoms with Crippen LogP contribution in [0.3, 0.4) is 0 Å². The topological polar surface area (TPSA) is 85.4 Å². The van der Waals surface area contributed by atoms with E-state index in [1.165, 1.54) is 0 Å². The Morgan fingerprint density at radius 2 is 2.43 bits per heavy atom. The molecule has 0 aromatic carbocycles. The third-order valence-electron chi connectivity index (χ3n) is 3.83. The van der Waals surface area contributed by atoms with Crippen LogP contribution in [0.5, 0.6) is 0 Å². The Morgan fingerprint density at radius 1 is 1.57 bits per heavy atom. The zero-order valence-corrected chi connectivity index (χ0v) is 13.4. The number of hydrogen-bond acceptors (Lipinski definition) is 6. The number of aryl methyl sites for hydroxylation is 1. The molecule has 0 radical (unpaired) electrons. The van der Waals surface area contributed by atoms with Gasteiger partial charge in [0.25, 0.3) is 0 Å². The van der Waals surface area contributed by atoms with Crippen LogP contribution in [0.2, 0.25) is 0 Å². The van der Waals surface area contributed by atoms with E-state index in [0.717, 1.165) is 23.7 Å². The lowest BCUT2D eigenvalue weighted by Crippen LogP contribution is -2.45. The van der Waals surface area contributed by atoms with Crippen LogP contribution in [0.1, 0.15) is 23.2 Å². The van der Waals surface area contributed by atoms with Crippen molar-refractivity contribution in [2.45, 2.75) is 26.1 Å².